The molecule has 3 N–H and O–H groups in total. The van der Waals surface area contributed by atoms with Gasteiger partial charge in [-0.2, -0.15) is 0 Å². The van der Waals surface area contributed by atoms with Gasteiger partial charge in [0.15, 0.2) is 5.60 Å². The fourth-order valence-electron chi connectivity index (χ4n) is 2.91. The Balaban J connectivity index is 1.61. The normalized spacial score (nSPS) is 16.7. The summed E-state index contributed by atoms with van der Waals surface area (Å²) in [4.78, 5) is 12.3. The molecule has 2 aromatic carbocycles. The smallest absolute Gasteiger partial charge is 0.252 e. The third kappa shape index (κ3) is 3.39. The Kier molecular flexibility index (Phi) is 4.39. The van der Waals surface area contributed by atoms with Crippen LogP contribution in [0.1, 0.15) is 22.8 Å². The summed E-state index contributed by atoms with van der Waals surface area (Å²) in [7, 11) is 0. The zero-order valence-electron chi connectivity index (χ0n) is 12.5. The maximum absolute atomic E-state index is 12.3. The van der Waals surface area contributed by atoms with Gasteiger partial charge in [-0.15, -0.1) is 0 Å². The summed E-state index contributed by atoms with van der Waals surface area (Å²) in [6.45, 7) is 0.0408. The fourth-order valence-corrected chi connectivity index (χ4v) is 3.04. The number of hydrogen-bond donors (Lipinski definition) is 3. The Hall–Kier alpha value is -1.88. The number of hydrogen-bond acceptors (Lipinski definition) is 3. The van der Waals surface area contributed by atoms with E-state index in [9.17, 15) is 15.0 Å². The van der Waals surface area contributed by atoms with Crippen LogP contribution in [0.25, 0.3) is 0 Å². The van der Waals surface area contributed by atoms with Crippen molar-refractivity contribution in [1.29, 1.82) is 0 Å². The Labute approximate surface area is 139 Å². The van der Waals surface area contributed by atoms with Crippen LogP contribution in [0, 0.1) is 0 Å². The van der Waals surface area contributed by atoms with Crippen LogP contribution >= 0.6 is 11.6 Å². The minimum absolute atomic E-state index is 0.0408. The molecule has 0 unspecified atom stereocenters. The van der Waals surface area contributed by atoms with Crippen molar-refractivity contribution in [2.75, 3.05) is 6.54 Å². The van der Waals surface area contributed by atoms with Crippen molar-refractivity contribution >= 4 is 17.5 Å². The van der Waals surface area contributed by atoms with Crippen molar-refractivity contribution in [2.24, 2.45) is 0 Å². The summed E-state index contributed by atoms with van der Waals surface area (Å²) in [5.74, 6) is -0.457. The molecular weight excluding hydrogens is 314 g/mol. The van der Waals surface area contributed by atoms with E-state index >= 15 is 0 Å². The number of carbonyl (C=O) groups excluding carboxylic acids is 1. The van der Waals surface area contributed by atoms with Gasteiger partial charge in [0.2, 0.25) is 0 Å². The highest BCUT2D eigenvalue weighted by molar-refractivity contribution is 6.30. The third-order valence-corrected chi connectivity index (χ3v) is 4.47. The number of benzene rings is 2. The van der Waals surface area contributed by atoms with Gasteiger partial charge in [0.1, 0.15) is 0 Å². The van der Waals surface area contributed by atoms with E-state index in [1.54, 1.807) is 24.3 Å². The SMILES string of the molecule is O=C(NC[C@@H](O)c1ccc(Cl)cc1)C1(O)Cc2ccccc2C1. The van der Waals surface area contributed by atoms with E-state index in [1.807, 2.05) is 24.3 Å². The largest absolute Gasteiger partial charge is 0.387 e. The summed E-state index contributed by atoms with van der Waals surface area (Å²) in [6, 6.07) is 14.4. The first-order valence-electron chi connectivity index (χ1n) is 7.49. The molecule has 5 heteroatoms. The minimum atomic E-state index is -1.44. The molecule has 120 valence electrons. The van der Waals surface area contributed by atoms with Crippen LogP contribution in [0.15, 0.2) is 48.5 Å². The number of rotatable bonds is 4. The summed E-state index contributed by atoms with van der Waals surface area (Å²) in [5, 5.41) is 23.9. The minimum Gasteiger partial charge on any atom is -0.387 e. The fraction of sp³-hybridized carbons (Fsp3) is 0.278. The molecule has 0 radical (unpaired) electrons. The van der Waals surface area contributed by atoms with Gasteiger partial charge < -0.3 is 15.5 Å². The van der Waals surface area contributed by atoms with Crippen molar-refractivity contribution in [1.82, 2.24) is 5.32 Å². The molecule has 4 nitrogen and oxygen atoms in total. The molecule has 1 aliphatic carbocycles. The number of aliphatic hydroxyl groups is 2. The lowest BCUT2D eigenvalue weighted by Crippen LogP contribution is -2.48. The lowest BCUT2D eigenvalue weighted by atomic mass is 9.99. The van der Waals surface area contributed by atoms with Gasteiger partial charge in [0, 0.05) is 24.4 Å². The molecule has 2 aromatic rings. The summed E-state index contributed by atoms with van der Waals surface area (Å²) < 4.78 is 0. The predicted octanol–water partition coefficient (Wildman–Crippen LogP) is 2.02. The molecule has 23 heavy (non-hydrogen) atoms. The lowest BCUT2D eigenvalue weighted by Gasteiger charge is -2.22. The van der Waals surface area contributed by atoms with E-state index in [4.69, 9.17) is 11.6 Å². The van der Waals surface area contributed by atoms with E-state index < -0.39 is 17.6 Å². The Bertz CT molecular complexity index is 689. The molecular formula is C18H18ClNO3. The number of fused-ring (bicyclic) bond motifs is 1. The molecule has 1 amide bonds. The number of aliphatic hydroxyl groups excluding tert-OH is 1. The van der Waals surface area contributed by atoms with Crippen molar-refractivity contribution in [2.45, 2.75) is 24.5 Å². The number of carbonyl (C=O) groups is 1. The van der Waals surface area contributed by atoms with Crippen LogP contribution in [0.2, 0.25) is 5.02 Å². The molecule has 0 bridgehead atoms. The summed E-state index contributed by atoms with van der Waals surface area (Å²) >= 11 is 5.81. The predicted molar refractivity (Wildman–Crippen MR) is 88.2 cm³/mol. The maximum Gasteiger partial charge on any atom is 0.252 e. The molecule has 0 heterocycles. The van der Waals surface area contributed by atoms with Gasteiger partial charge in [-0.05, 0) is 28.8 Å². The van der Waals surface area contributed by atoms with Crippen LogP contribution in [0.3, 0.4) is 0 Å². The van der Waals surface area contributed by atoms with Gasteiger partial charge >= 0.3 is 0 Å². The Morgan fingerprint density at radius 1 is 1.13 bits per heavy atom. The van der Waals surface area contributed by atoms with E-state index in [0.29, 0.717) is 23.4 Å². The third-order valence-electron chi connectivity index (χ3n) is 4.22. The van der Waals surface area contributed by atoms with Crippen molar-refractivity contribution in [3.8, 4) is 0 Å². The van der Waals surface area contributed by atoms with Gasteiger partial charge in [0.05, 0.1) is 6.10 Å². The molecule has 0 fully saturated rings. The Morgan fingerprint density at radius 3 is 2.26 bits per heavy atom. The average molecular weight is 332 g/mol. The highest BCUT2D eigenvalue weighted by atomic mass is 35.5. The van der Waals surface area contributed by atoms with Crippen LogP contribution < -0.4 is 5.32 Å². The summed E-state index contributed by atoms with van der Waals surface area (Å²) in [6.07, 6.45) is -0.249. The van der Waals surface area contributed by atoms with E-state index in [0.717, 1.165) is 11.1 Å². The van der Waals surface area contributed by atoms with Gasteiger partial charge in [-0.25, -0.2) is 0 Å². The molecule has 0 spiro atoms. The van der Waals surface area contributed by atoms with Crippen molar-refractivity contribution in [3.63, 3.8) is 0 Å². The molecule has 0 saturated heterocycles. The zero-order chi connectivity index (χ0) is 16.4. The van der Waals surface area contributed by atoms with E-state index in [2.05, 4.69) is 5.32 Å². The first kappa shape index (κ1) is 16.0. The molecule has 1 aliphatic rings. The molecule has 1 atom stereocenters. The molecule has 0 aliphatic heterocycles. The highest BCUT2D eigenvalue weighted by Gasteiger charge is 2.41. The van der Waals surface area contributed by atoms with Crippen LogP contribution in [-0.2, 0) is 17.6 Å². The molecule has 0 aromatic heterocycles. The topological polar surface area (TPSA) is 69.6 Å². The van der Waals surface area contributed by atoms with Gasteiger partial charge in [-0.1, -0.05) is 48.0 Å². The Morgan fingerprint density at radius 2 is 1.70 bits per heavy atom. The second-order valence-electron chi connectivity index (χ2n) is 5.93. The van der Waals surface area contributed by atoms with Gasteiger partial charge in [0.25, 0.3) is 5.91 Å². The first-order chi connectivity index (χ1) is 11.0. The average Bonchev–Trinajstić information content (AvgIpc) is 2.90. The van der Waals surface area contributed by atoms with E-state index in [-0.39, 0.29) is 6.54 Å². The van der Waals surface area contributed by atoms with Crippen molar-refractivity contribution < 1.29 is 15.0 Å². The van der Waals surface area contributed by atoms with Crippen LogP contribution in [-0.4, -0.2) is 28.3 Å². The molecule has 3 rings (SSSR count). The van der Waals surface area contributed by atoms with Crippen molar-refractivity contribution in [3.05, 3.63) is 70.2 Å². The van der Waals surface area contributed by atoms with Crippen LogP contribution in [0.4, 0.5) is 0 Å². The van der Waals surface area contributed by atoms with Crippen LogP contribution in [0.5, 0.6) is 0 Å². The molecule has 0 saturated carbocycles. The summed E-state index contributed by atoms with van der Waals surface area (Å²) in [5.41, 5.74) is 1.20. The quantitative estimate of drug-likeness (QED) is 0.803. The zero-order valence-corrected chi connectivity index (χ0v) is 13.3. The highest BCUT2D eigenvalue weighted by Crippen LogP contribution is 2.30. The monoisotopic (exact) mass is 331 g/mol. The standard InChI is InChI=1S/C18H18ClNO3/c19-15-7-5-12(6-8-15)16(21)11-20-17(22)18(23)9-13-3-1-2-4-14(13)10-18/h1-8,16,21,23H,9-11H2,(H,20,22)/t16-/m1/s1. The first-order valence-corrected chi connectivity index (χ1v) is 7.87. The lowest BCUT2D eigenvalue weighted by molar-refractivity contribution is -0.139. The maximum atomic E-state index is 12.3. The van der Waals surface area contributed by atoms with E-state index in [1.165, 1.54) is 0 Å². The second kappa shape index (κ2) is 6.32. The number of amides is 1. The number of nitrogens with one attached hydrogen (secondary N) is 1. The van der Waals surface area contributed by atoms with Gasteiger partial charge in [-0.3, -0.25) is 4.79 Å². The number of halogens is 1. The second-order valence-corrected chi connectivity index (χ2v) is 6.37.